The number of aromatic nitrogens is 4. The number of hydrogen-bond donors (Lipinski definition) is 1. The van der Waals surface area contributed by atoms with E-state index in [1.54, 1.807) is 12.1 Å². The van der Waals surface area contributed by atoms with Crippen LogP contribution in [0.2, 0.25) is 10.0 Å². The maximum absolute atomic E-state index is 12.5. The van der Waals surface area contributed by atoms with Crippen molar-refractivity contribution in [3.05, 3.63) is 92.6 Å². The molecule has 0 aliphatic heterocycles. The van der Waals surface area contributed by atoms with E-state index in [-0.39, 0.29) is 17.1 Å². The van der Waals surface area contributed by atoms with E-state index in [1.807, 2.05) is 42.5 Å². The van der Waals surface area contributed by atoms with Crippen molar-refractivity contribution in [3.63, 3.8) is 0 Å². The number of rotatable bonds is 6. The monoisotopic (exact) mass is 427 g/mol. The molecule has 146 valence electrons. The summed E-state index contributed by atoms with van der Waals surface area (Å²) in [5.41, 5.74) is 1.71. The van der Waals surface area contributed by atoms with Gasteiger partial charge in [0.05, 0.1) is 25.0 Å². The average molecular weight is 428 g/mol. The normalized spacial score (nSPS) is 10.8. The highest BCUT2D eigenvalue weighted by molar-refractivity contribution is 6.33. The zero-order valence-corrected chi connectivity index (χ0v) is 16.6. The molecular formula is C20H15Cl2N5O2. The quantitative estimate of drug-likeness (QED) is 0.494. The zero-order chi connectivity index (χ0) is 20.2. The first-order valence-electron chi connectivity index (χ1n) is 8.72. The van der Waals surface area contributed by atoms with Crippen LogP contribution in [0.5, 0.6) is 0 Å². The van der Waals surface area contributed by atoms with Gasteiger partial charge in [-0.25, -0.2) is 4.68 Å². The van der Waals surface area contributed by atoms with Gasteiger partial charge < -0.3 is 9.84 Å². The van der Waals surface area contributed by atoms with Gasteiger partial charge in [0.2, 0.25) is 11.7 Å². The maximum Gasteiger partial charge on any atom is 0.287 e. The van der Waals surface area contributed by atoms with E-state index in [2.05, 4.69) is 20.6 Å². The van der Waals surface area contributed by atoms with E-state index in [0.717, 1.165) is 11.1 Å². The summed E-state index contributed by atoms with van der Waals surface area (Å²) in [6, 6.07) is 16.7. The summed E-state index contributed by atoms with van der Waals surface area (Å²) in [5, 5.41) is 11.8. The molecule has 0 bridgehead atoms. The standard InChI is InChI=1S/C20H15Cl2N5O2/c21-15-8-4-7-14(9-15)19-25-17(29-26-19)11-23-16-10-24-27(20(28)18(16)22)12-13-5-2-1-3-6-13/h1-10,23H,11-12H2. The first-order chi connectivity index (χ1) is 14.1. The predicted molar refractivity (Wildman–Crippen MR) is 111 cm³/mol. The largest absolute Gasteiger partial charge is 0.373 e. The highest BCUT2D eigenvalue weighted by atomic mass is 35.5. The molecule has 1 N–H and O–H groups in total. The molecule has 0 aliphatic rings. The lowest BCUT2D eigenvalue weighted by molar-refractivity contribution is 0.384. The number of anilines is 1. The Morgan fingerprint density at radius 3 is 2.69 bits per heavy atom. The Bertz CT molecular complexity index is 1190. The molecule has 2 aromatic carbocycles. The van der Waals surface area contributed by atoms with Gasteiger partial charge in [0.25, 0.3) is 5.56 Å². The molecule has 0 saturated heterocycles. The Morgan fingerprint density at radius 1 is 1.07 bits per heavy atom. The number of hydrogen-bond acceptors (Lipinski definition) is 6. The van der Waals surface area contributed by atoms with Crippen LogP contribution in [0, 0.1) is 0 Å². The Labute approximate surface area is 175 Å². The van der Waals surface area contributed by atoms with Gasteiger partial charge in [-0.15, -0.1) is 0 Å². The lowest BCUT2D eigenvalue weighted by atomic mass is 10.2. The molecule has 0 unspecified atom stereocenters. The van der Waals surface area contributed by atoms with Crippen molar-refractivity contribution in [2.45, 2.75) is 13.1 Å². The van der Waals surface area contributed by atoms with Gasteiger partial charge in [-0.1, -0.05) is 70.8 Å². The van der Waals surface area contributed by atoms with E-state index in [0.29, 0.717) is 29.0 Å². The molecule has 4 rings (SSSR count). The van der Waals surface area contributed by atoms with Crippen molar-refractivity contribution >= 4 is 28.9 Å². The molecule has 9 heteroatoms. The second-order valence-corrected chi connectivity index (χ2v) is 7.01. The minimum Gasteiger partial charge on any atom is -0.373 e. The van der Waals surface area contributed by atoms with E-state index < -0.39 is 0 Å². The number of nitrogens with zero attached hydrogens (tertiary/aromatic N) is 4. The fourth-order valence-corrected chi connectivity index (χ4v) is 3.10. The van der Waals surface area contributed by atoms with Gasteiger partial charge in [-0.3, -0.25) is 4.79 Å². The van der Waals surface area contributed by atoms with Gasteiger partial charge in [0.15, 0.2) is 0 Å². The lowest BCUT2D eigenvalue weighted by Crippen LogP contribution is -2.24. The Balaban J connectivity index is 1.46. The molecule has 7 nitrogen and oxygen atoms in total. The Kier molecular flexibility index (Phi) is 5.59. The van der Waals surface area contributed by atoms with Crippen LogP contribution in [0.25, 0.3) is 11.4 Å². The minimum atomic E-state index is -0.384. The molecule has 0 amide bonds. The summed E-state index contributed by atoms with van der Waals surface area (Å²) in [5.74, 6) is 0.760. The van der Waals surface area contributed by atoms with Crippen LogP contribution in [0.4, 0.5) is 5.69 Å². The smallest absolute Gasteiger partial charge is 0.287 e. The van der Waals surface area contributed by atoms with Gasteiger partial charge >= 0.3 is 0 Å². The fourth-order valence-electron chi connectivity index (χ4n) is 2.70. The zero-order valence-electron chi connectivity index (χ0n) is 15.0. The molecule has 0 atom stereocenters. The summed E-state index contributed by atoms with van der Waals surface area (Å²) in [7, 11) is 0. The van der Waals surface area contributed by atoms with Crippen molar-refractivity contribution in [3.8, 4) is 11.4 Å². The molecule has 0 radical (unpaired) electrons. The van der Waals surface area contributed by atoms with Gasteiger partial charge in [-0.2, -0.15) is 10.1 Å². The third kappa shape index (κ3) is 4.47. The second-order valence-electron chi connectivity index (χ2n) is 6.20. The lowest BCUT2D eigenvalue weighted by Gasteiger charge is -2.09. The van der Waals surface area contributed by atoms with E-state index in [4.69, 9.17) is 27.7 Å². The molecule has 2 aromatic heterocycles. The minimum absolute atomic E-state index is 0.0468. The average Bonchev–Trinajstić information content (AvgIpc) is 3.21. The topological polar surface area (TPSA) is 85.8 Å². The van der Waals surface area contributed by atoms with Crippen LogP contribution in [0.1, 0.15) is 11.5 Å². The van der Waals surface area contributed by atoms with Gasteiger partial charge in [0.1, 0.15) is 5.02 Å². The highest BCUT2D eigenvalue weighted by Crippen LogP contribution is 2.21. The van der Waals surface area contributed by atoms with Crippen LogP contribution in [0.15, 0.2) is 70.1 Å². The molecule has 4 aromatic rings. The highest BCUT2D eigenvalue weighted by Gasteiger charge is 2.12. The van der Waals surface area contributed by atoms with Crippen LogP contribution in [0.3, 0.4) is 0 Å². The van der Waals surface area contributed by atoms with E-state index >= 15 is 0 Å². The number of nitrogens with one attached hydrogen (secondary N) is 1. The fraction of sp³-hybridized carbons (Fsp3) is 0.100. The van der Waals surface area contributed by atoms with Crippen LogP contribution in [-0.2, 0) is 13.1 Å². The van der Waals surface area contributed by atoms with Crippen molar-refractivity contribution in [1.82, 2.24) is 19.9 Å². The molecule has 0 aliphatic carbocycles. The van der Waals surface area contributed by atoms with Gasteiger partial charge in [0, 0.05) is 10.6 Å². The van der Waals surface area contributed by atoms with Crippen molar-refractivity contribution < 1.29 is 4.52 Å². The Hall–Kier alpha value is -3.16. The molecule has 0 saturated carbocycles. The number of halogens is 2. The molecule has 29 heavy (non-hydrogen) atoms. The van der Waals surface area contributed by atoms with Crippen molar-refractivity contribution in [1.29, 1.82) is 0 Å². The summed E-state index contributed by atoms with van der Waals surface area (Å²) in [6.07, 6.45) is 1.50. The maximum atomic E-state index is 12.5. The SMILES string of the molecule is O=c1c(Cl)c(NCc2nc(-c3cccc(Cl)c3)no2)cnn1Cc1ccccc1. The summed E-state index contributed by atoms with van der Waals surface area (Å²) >= 11 is 12.2. The molecule has 0 fully saturated rings. The Morgan fingerprint density at radius 2 is 1.90 bits per heavy atom. The van der Waals surface area contributed by atoms with E-state index in [1.165, 1.54) is 10.9 Å². The summed E-state index contributed by atoms with van der Waals surface area (Å²) in [6.45, 7) is 0.531. The van der Waals surface area contributed by atoms with Crippen LogP contribution >= 0.6 is 23.2 Å². The molecular weight excluding hydrogens is 413 g/mol. The number of benzene rings is 2. The predicted octanol–water partition coefficient (Wildman–Crippen LogP) is 4.26. The first-order valence-corrected chi connectivity index (χ1v) is 9.47. The van der Waals surface area contributed by atoms with Crippen molar-refractivity contribution in [2.24, 2.45) is 0 Å². The molecule has 0 spiro atoms. The third-order valence-electron chi connectivity index (χ3n) is 4.14. The van der Waals surface area contributed by atoms with Crippen LogP contribution < -0.4 is 10.9 Å². The van der Waals surface area contributed by atoms with Crippen molar-refractivity contribution in [2.75, 3.05) is 5.32 Å². The second kappa shape index (κ2) is 8.46. The van der Waals surface area contributed by atoms with Gasteiger partial charge in [-0.05, 0) is 17.7 Å². The van der Waals surface area contributed by atoms with E-state index in [9.17, 15) is 4.79 Å². The van der Waals surface area contributed by atoms with Crippen LogP contribution in [-0.4, -0.2) is 19.9 Å². The first kappa shape index (κ1) is 19.2. The summed E-state index contributed by atoms with van der Waals surface area (Å²) in [4.78, 5) is 16.8. The summed E-state index contributed by atoms with van der Waals surface area (Å²) < 4.78 is 6.55. The third-order valence-corrected chi connectivity index (χ3v) is 4.74. The molecule has 2 heterocycles.